The van der Waals surface area contributed by atoms with Gasteiger partial charge in [-0.15, -0.1) is 0 Å². The van der Waals surface area contributed by atoms with Gasteiger partial charge in [0.1, 0.15) is 12.6 Å². The van der Waals surface area contributed by atoms with Crippen LogP contribution >= 0.6 is 46.4 Å². The van der Waals surface area contributed by atoms with Crippen molar-refractivity contribution in [3.63, 3.8) is 0 Å². The van der Waals surface area contributed by atoms with Gasteiger partial charge in [-0.05, 0) is 55.7 Å². The smallest absolute Gasteiger partial charge is 0.244 e. The fraction of sp³-hybridized carbons (Fsp3) is 0.417. The number of amides is 2. The Morgan fingerprint density at radius 2 is 1.58 bits per heavy atom. The maximum Gasteiger partial charge on any atom is 0.244 e. The molecule has 2 unspecified atom stereocenters. The topological polar surface area (TPSA) is 86.8 Å². The van der Waals surface area contributed by atoms with Gasteiger partial charge in [0.25, 0.3) is 0 Å². The molecule has 0 aliphatic carbocycles. The predicted molar refractivity (Wildman–Crippen MR) is 148 cm³/mol. The zero-order chi connectivity index (χ0) is 27.2. The number of carbonyl (C=O) groups is 2. The van der Waals surface area contributed by atoms with Gasteiger partial charge in [-0.1, -0.05) is 66.3 Å². The van der Waals surface area contributed by atoms with Crippen molar-refractivity contribution in [3.05, 3.63) is 62.1 Å². The molecule has 2 aromatic carbocycles. The van der Waals surface area contributed by atoms with Crippen molar-refractivity contribution in [3.8, 4) is 0 Å². The lowest BCUT2D eigenvalue weighted by molar-refractivity contribution is -0.140. The number of halogens is 4. The predicted octanol–water partition coefficient (Wildman–Crippen LogP) is 5.79. The van der Waals surface area contributed by atoms with E-state index in [4.69, 9.17) is 46.4 Å². The lowest BCUT2D eigenvalue weighted by Crippen LogP contribution is -2.53. The molecule has 0 aliphatic rings. The minimum absolute atomic E-state index is 0.00301. The van der Waals surface area contributed by atoms with Crippen molar-refractivity contribution in [1.82, 2.24) is 10.2 Å². The lowest BCUT2D eigenvalue weighted by atomic mass is 10.1. The van der Waals surface area contributed by atoms with E-state index in [0.717, 1.165) is 10.6 Å². The van der Waals surface area contributed by atoms with Gasteiger partial charge >= 0.3 is 0 Å². The highest BCUT2D eigenvalue weighted by Crippen LogP contribution is 2.31. The minimum Gasteiger partial charge on any atom is -0.352 e. The Bertz CT molecular complexity index is 1210. The van der Waals surface area contributed by atoms with Crippen LogP contribution in [-0.4, -0.2) is 50.0 Å². The summed E-state index contributed by atoms with van der Waals surface area (Å²) in [7, 11) is -3.94. The number of nitrogens with zero attached hydrogens (tertiary/aromatic N) is 2. The average Bonchev–Trinajstić information content (AvgIpc) is 2.80. The molecule has 0 fully saturated rings. The van der Waals surface area contributed by atoms with Crippen LogP contribution < -0.4 is 9.62 Å². The number of nitrogens with one attached hydrogen (secondary N) is 1. The number of benzene rings is 2. The van der Waals surface area contributed by atoms with Crippen molar-refractivity contribution >= 4 is 73.9 Å². The average molecular weight is 597 g/mol. The van der Waals surface area contributed by atoms with Crippen LogP contribution in [0.4, 0.5) is 5.69 Å². The molecule has 2 amide bonds. The Morgan fingerprint density at radius 3 is 2.14 bits per heavy atom. The normalized spacial score (nSPS) is 13.1. The summed E-state index contributed by atoms with van der Waals surface area (Å²) in [6.45, 7) is 4.99. The van der Waals surface area contributed by atoms with Crippen LogP contribution in [0, 0.1) is 0 Å². The Kier molecular flexibility index (Phi) is 11.2. The lowest BCUT2D eigenvalue weighted by Gasteiger charge is -2.33. The Labute approximate surface area is 232 Å². The largest absolute Gasteiger partial charge is 0.352 e. The SMILES string of the molecule is CCC(C)NC(=O)C(CC)N(Cc1ccc(Cl)c(Cl)c1)C(=O)CN(c1cc(Cl)ccc1Cl)S(C)(=O)=O. The first-order valence-electron chi connectivity index (χ1n) is 11.2. The third kappa shape index (κ3) is 8.15. The van der Waals surface area contributed by atoms with Crippen molar-refractivity contribution in [2.24, 2.45) is 0 Å². The molecule has 2 atom stereocenters. The molecule has 0 heterocycles. The summed E-state index contributed by atoms with van der Waals surface area (Å²) in [5.74, 6) is -0.944. The first-order chi connectivity index (χ1) is 16.8. The molecule has 0 bridgehead atoms. The zero-order valence-electron chi connectivity index (χ0n) is 20.4. The molecule has 36 heavy (non-hydrogen) atoms. The number of carbonyl (C=O) groups excluding carboxylic acids is 2. The molecular weight excluding hydrogens is 568 g/mol. The monoisotopic (exact) mass is 595 g/mol. The van der Waals surface area contributed by atoms with E-state index < -0.39 is 28.5 Å². The maximum atomic E-state index is 13.7. The molecule has 0 saturated heterocycles. The van der Waals surface area contributed by atoms with Gasteiger partial charge in [0.15, 0.2) is 0 Å². The summed E-state index contributed by atoms with van der Waals surface area (Å²) in [5, 5.41) is 3.90. The van der Waals surface area contributed by atoms with Gasteiger partial charge in [-0.3, -0.25) is 13.9 Å². The summed E-state index contributed by atoms with van der Waals surface area (Å²) >= 11 is 24.5. The first kappa shape index (κ1) is 30.5. The van der Waals surface area contributed by atoms with E-state index in [2.05, 4.69) is 5.32 Å². The van der Waals surface area contributed by atoms with Crippen molar-refractivity contribution < 1.29 is 18.0 Å². The third-order valence-electron chi connectivity index (χ3n) is 5.58. The number of hydrogen-bond donors (Lipinski definition) is 1. The second-order valence-corrected chi connectivity index (χ2v) is 11.9. The van der Waals surface area contributed by atoms with E-state index in [-0.39, 0.29) is 34.2 Å². The molecule has 12 heteroatoms. The first-order valence-corrected chi connectivity index (χ1v) is 14.6. The van der Waals surface area contributed by atoms with Crippen LogP contribution in [0.1, 0.15) is 39.2 Å². The molecule has 0 aliphatic heterocycles. The van der Waals surface area contributed by atoms with Gasteiger partial charge in [0.05, 0.1) is 27.0 Å². The molecule has 0 radical (unpaired) electrons. The van der Waals surface area contributed by atoms with Gasteiger partial charge in [0, 0.05) is 17.6 Å². The van der Waals surface area contributed by atoms with Crippen LogP contribution in [0.25, 0.3) is 0 Å². The maximum absolute atomic E-state index is 13.7. The van der Waals surface area contributed by atoms with Crippen molar-refractivity contribution in [2.75, 3.05) is 17.1 Å². The molecule has 0 saturated carbocycles. The number of rotatable bonds is 11. The van der Waals surface area contributed by atoms with Gasteiger partial charge in [-0.25, -0.2) is 8.42 Å². The number of anilines is 1. The minimum atomic E-state index is -3.94. The molecule has 198 valence electrons. The Hall–Kier alpha value is -1.71. The summed E-state index contributed by atoms with van der Waals surface area (Å²) in [4.78, 5) is 28.2. The quantitative estimate of drug-likeness (QED) is 0.356. The van der Waals surface area contributed by atoms with Gasteiger partial charge in [-0.2, -0.15) is 0 Å². The second-order valence-electron chi connectivity index (χ2n) is 8.38. The van der Waals surface area contributed by atoms with Crippen molar-refractivity contribution in [1.29, 1.82) is 0 Å². The molecule has 7 nitrogen and oxygen atoms in total. The molecular formula is C24H29Cl4N3O4S. The van der Waals surface area contributed by atoms with Gasteiger partial charge in [0.2, 0.25) is 21.8 Å². The molecule has 0 spiro atoms. The van der Waals surface area contributed by atoms with E-state index >= 15 is 0 Å². The highest BCUT2D eigenvalue weighted by molar-refractivity contribution is 7.92. The highest BCUT2D eigenvalue weighted by atomic mass is 35.5. The zero-order valence-corrected chi connectivity index (χ0v) is 24.2. The molecule has 1 N–H and O–H groups in total. The highest BCUT2D eigenvalue weighted by Gasteiger charge is 2.32. The number of hydrogen-bond acceptors (Lipinski definition) is 4. The van der Waals surface area contributed by atoms with Gasteiger partial charge < -0.3 is 10.2 Å². The van der Waals surface area contributed by atoms with E-state index in [1.165, 1.54) is 23.1 Å². The Morgan fingerprint density at radius 1 is 0.944 bits per heavy atom. The summed E-state index contributed by atoms with van der Waals surface area (Å²) < 4.78 is 26.3. The summed E-state index contributed by atoms with van der Waals surface area (Å²) in [6.07, 6.45) is 1.97. The fourth-order valence-electron chi connectivity index (χ4n) is 3.47. The molecule has 0 aromatic heterocycles. The fourth-order valence-corrected chi connectivity index (χ4v) is 5.08. The van der Waals surface area contributed by atoms with E-state index in [0.29, 0.717) is 28.5 Å². The Balaban J connectivity index is 2.51. The van der Waals surface area contributed by atoms with E-state index in [1.54, 1.807) is 25.1 Å². The second kappa shape index (κ2) is 13.2. The summed E-state index contributed by atoms with van der Waals surface area (Å²) in [5.41, 5.74) is 0.686. The third-order valence-corrected chi connectivity index (χ3v) is 8.00. The molecule has 2 aromatic rings. The van der Waals surface area contributed by atoms with Crippen LogP contribution in [0.5, 0.6) is 0 Å². The van der Waals surface area contributed by atoms with Crippen LogP contribution in [0.3, 0.4) is 0 Å². The number of sulfonamides is 1. The van der Waals surface area contributed by atoms with E-state index in [9.17, 15) is 18.0 Å². The standard InChI is InChI=1S/C24H29Cl4N3O4S/c1-5-15(3)29-24(33)21(6-2)30(13-16-7-9-18(26)20(28)11-16)23(32)14-31(36(4,34)35)22-12-17(25)8-10-19(22)27/h7-12,15,21H,5-6,13-14H2,1-4H3,(H,29,33). The van der Waals surface area contributed by atoms with Crippen LogP contribution in [-0.2, 0) is 26.2 Å². The van der Waals surface area contributed by atoms with Crippen molar-refractivity contribution in [2.45, 2.75) is 52.2 Å². The van der Waals surface area contributed by atoms with Crippen LogP contribution in [0.15, 0.2) is 36.4 Å². The van der Waals surface area contributed by atoms with E-state index in [1.807, 2.05) is 13.8 Å². The summed E-state index contributed by atoms with van der Waals surface area (Å²) in [6, 6.07) is 8.25. The molecule has 2 rings (SSSR count). The van der Waals surface area contributed by atoms with Crippen LogP contribution in [0.2, 0.25) is 20.1 Å².